The lowest BCUT2D eigenvalue weighted by Crippen LogP contribution is -2.34. The van der Waals surface area contributed by atoms with Gasteiger partial charge in [0.2, 0.25) is 0 Å². The molecule has 2 rings (SSSR count). The number of nitrogens with zero attached hydrogens (tertiary/aromatic N) is 2. The zero-order valence-electron chi connectivity index (χ0n) is 9.57. The van der Waals surface area contributed by atoms with Crippen molar-refractivity contribution in [2.75, 3.05) is 16.8 Å². The van der Waals surface area contributed by atoms with Crippen molar-refractivity contribution >= 4 is 21.2 Å². The molecule has 2 heterocycles. The Morgan fingerprint density at radius 3 is 2.94 bits per heavy atom. The number of anilines is 1. The number of sulfone groups is 1. The molecule has 0 saturated carbocycles. The van der Waals surface area contributed by atoms with Crippen LogP contribution >= 0.6 is 0 Å². The summed E-state index contributed by atoms with van der Waals surface area (Å²) in [4.78, 5) is 14.0. The summed E-state index contributed by atoms with van der Waals surface area (Å²) >= 11 is 0. The highest BCUT2D eigenvalue weighted by atomic mass is 32.2. The number of aromatic nitrogens is 1. The van der Waals surface area contributed by atoms with Crippen LogP contribution in [-0.4, -0.2) is 35.9 Å². The zero-order chi connectivity index (χ0) is 13.2. The molecule has 0 spiro atoms. The third-order valence-electron chi connectivity index (χ3n) is 2.82. The topological polar surface area (TPSA) is 102 Å². The zero-order valence-corrected chi connectivity index (χ0v) is 10.4. The van der Waals surface area contributed by atoms with E-state index in [1.54, 1.807) is 0 Å². The molecule has 8 heteroatoms. The van der Waals surface area contributed by atoms with Gasteiger partial charge in [-0.15, -0.1) is 0 Å². The second-order valence-electron chi connectivity index (χ2n) is 4.25. The third-order valence-corrected chi connectivity index (χ3v) is 4.64. The highest BCUT2D eigenvalue weighted by molar-refractivity contribution is 7.91. The average molecular weight is 271 g/mol. The van der Waals surface area contributed by atoms with Gasteiger partial charge in [0.05, 0.1) is 16.4 Å². The number of pyridine rings is 1. The van der Waals surface area contributed by atoms with Crippen molar-refractivity contribution in [3.8, 4) is 0 Å². The van der Waals surface area contributed by atoms with Gasteiger partial charge in [0.15, 0.2) is 9.84 Å². The summed E-state index contributed by atoms with van der Waals surface area (Å²) in [6.07, 6.45) is 3.86. The molecule has 0 aliphatic carbocycles. The van der Waals surface area contributed by atoms with Crippen molar-refractivity contribution < 1.29 is 13.3 Å². The lowest BCUT2D eigenvalue weighted by atomic mass is 10.2. The van der Waals surface area contributed by atoms with Gasteiger partial charge in [0, 0.05) is 12.2 Å². The maximum atomic E-state index is 11.5. The molecule has 1 aliphatic heterocycles. The monoisotopic (exact) mass is 271 g/mol. The van der Waals surface area contributed by atoms with Crippen LogP contribution in [0.25, 0.3) is 0 Å². The number of hydrogen-bond donors (Lipinski definition) is 1. The van der Waals surface area contributed by atoms with E-state index in [1.165, 1.54) is 12.3 Å². The van der Waals surface area contributed by atoms with Crippen LogP contribution in [-0.2, 0) is 9.84 Å². The predicted molar refractivity (Wildman–Crippen MR) is 66.2 cm³/mol. The van der Waals surface area contributed by atoms with Crippen LogP contribution in [0.1, 0.15) is 12.8 Å². The molecule has 0 amide bonds. The van der Waals surface area contributed by atoms with E-state index >= 15 is 0 Å². The molecule has 1 unspecified atom stereocenters. The second kappa shape index (κ2) is 4.89. The molecule has 1 saturated heterocycles. The molecular weight excluding hydrogens is 258 g/mol. The van der Waals surface area contributed by atoms with E-state index in [0.29, 0.717) is 18.5 Å². The predicted octanol–water partition coefficient (Wildman–Crippen LogP) is 0.979. The normalized spacial score (nSPS) is 22.3. The molecule has 1 N–H and O–H groups in total. The Morgan fingerprint density at radius 1 is 1.50 bits per heavy atom. The summed E-state index contributed by atoms with van der Waals surface area (Å²) in [6.45, 7) is 0. The van der Waals surface area contributed by atoms with Crippen LogP contribution in [0.5, 0.6) is 0 Å². The van der Waals surface area contributed by atoms with E-state index in [2.05, 4.69) is 10.3 Å². The highest BCUT2D eigenvalue weighted by Gasteiger charge is 2.26. The number of rotatable bonds is 3. The molecular formula is C10H13N3O4S. The lowest BCUT2D eigenvalue weighted by molar-refractivity contribution is -0.384. The van der Waals surface area contributed by atoms with Gasteiger partial charge in [0.1, 0.15) is 11.9 Å². The Balaban J connectivity index is 2.17. The van der Waals surface area contributed by atoms with Crippen LogP contribution in [0.2, 0.25) is 0 Å². The smallest absolute Gasteiger partial charge is 0.310 e. The summed E-state index contributed by atoms with van der Waals surface area (Å²) in [5, 5.41) is 13.7. The number of hydrogen-bond acceptors (Lipinski definition) is 6. The van der Waals surface area contributed by atoms with Gasteiger partial charge >= 0.3 is 5.69 Å². The van der Waals surface area contributed by atoms with Gasteiger partial charge in [0.25, 0.3) is 0 Å². The minimum atomic E-state index is -3.03. The molecule has 0 radical (unpaired) electrons. The van der Waals surface area contributed by atoms with Gasteiger partial charge in [-0.05, 0) is 18.9 Å². The molecule has 1 fully saturated rings. The first-order chi connectivity index (χ1) is 8.48. The molecule has 0 bridgehead atoms. The van der Waals surface area contributed by atoms with Crippen molar-refractivity contribution in [2.45, 2.75) is 18.9 Å². The SMILES string of the molecule is O=[N+]([O-])c1cnccc1NC1CCCS(=O)(=O)C1. The van der Waals surface area contributed by atoms with Crippen molar-refractivity contribution in [1.29, 1.82) is 0 Å². The van der Waals surface area contributed by atoms with Crippen molar-refractivity contribution in [3.63, 3.8) is 0 Å². The van der Waals surface area contributed by atoms with E-state index in [1.807, 2.05) is 0 Å². The average Bonchev–Trinajstić information content (AvgIpc) is 2.28. The summed E-state index contributed by atoms with van der Waals surface area (Å²) < 4.78 is 23.0. The number of nitro groups is 1. The molecule has 1 aliphatic rings. The molecule has 0 aromatic carbocycles. The Bertz CT molecular complexity index is 558. The minimum Gasteiger partial charge on any atom is -0.376 e. The Morgan fingerprint density at radius 2 is 2.28 bits per heavy atom. The molecule has 18 heavy (non-hydrogen) atoms. The summed E-state index contributed by atoms with van der Waals surface area (Å²) in [5.41, 5.74) is 0.178. The van der Waals surface area contributed by atoms with Crippen LogP contribution in [0.4, 0.5) is 11.4 Å². The largest absolute Gasteiger partial charge is 0.376 e. The second-order valence-corrected chi connectivity index (χ2v) is 6.48. The summed E-state index contributed by atoms with van der Waals surface area (Å²) in [6, 6.07) is 1.21. The quantitative estimate of drug-likeness (QED) is 0.649. The maximum absolute atomic E-state index is 11.5. The Hall–Kier alpha value is -1.70. The fraction of sp³-hybridized carbons (Fsp3) is 0.500. The van der Waals surface area contributed by atoms with Gasteiger partial charge in [-0.25, -0.2) is 8.42 Å². The van der Waals surface area contributed by atoms with Crippen LogP contribution in [0, 0.1) is 10.1 Å². The molecule has 1 aromatic rings. The van der Waals surface area contributed by atoms with E-state index in [0.717, 1.165) is 6.20 Å². The van der Waals surface area contributed by atoms with Crippen LogP contribution in [0.3, 0.4) is 0 Å². The lowest BCUT2D eigenvalue weighted by Gasteiger charge is -2.23. The molecule has 98 valence electrons. The fourth-order valence-electron chi connectivity index (χ4n) is 2.01. The standard InChI is InChI=1S/C10H13N3O4S/c14-13(15)10-6-11-4-3-9(10)12-8-2-1-5-18(16,17)7-8/h3-4,6,8H,1-2,5,7H2,(H,11,12). The molecule has 1 atom stereocenters. The van der Waals surface area contributed by atoms with Crippen molar-refractivity contribution in [2.24, 2.45) is 0 Å². The first-order valence-corrected chi connectivity index (χ1v) is 7.35. The minimum absolute atomic E-state index is 0.0203. The van der Waals surface area contributed by atoms with E-state index in [9.17, 15) is 18.5 Å². The van der Waals surface area contributed by atoms with E-state index in [-0.39, 0.29) is 23.2 Å². The first-order valence-electron chi connectivity index (χ1n) is 5.53. The molecule has 7 nitrogen and oxygen atoms in total. The maximum Gasteiger partial charge on any atom is 0.310 e. The summed E-state index contributed by atoms with van der Waals surface area (Å²) in [5.74, 6) is 0.218. The molecule has 1 aromatic heterocycles. The Labute approximate surface area is 104 Å². The van der Waals surface area contributed by atoms with Crippen molar-refractivity contribution in [3.05, 3.63) is 28.6 Å². The van der Waals surface area contributed by atoms with Gasteiger partial charge < -0.3 is 5.32 Å². The highest BCUT2D eigenvalue weighted by Crippen LogP contribution is 2.25. The van der Waals surface area contributed by atoms with Crippen LogP contribution < -0.4 is 5.32 Å². The Kier molecular flexibility index (Phi) is 3.46. The van der Waals surface area contributed by atoms with Gasteiger partial charge in [-0.3, -0.25) is 15.1 Å². The van der Waals surface area contributed by atoms with E-state index < -0.39 is 14.8 Å². The van der Waals surface area contributed by atoms with Gasteiger partial charge in [-0.1, -0.05) is 0 Å². The third kappa shape index (κ3) is 2.95. The fourth-order valence-corrected chi connectivity index (χ4v) is 3.65. The summed E-state index contributed by atoms with van der Waals surface area (Å²) in [7, 11) is -3.03. The number of nitrogens with one attached hydrogen (secondary N) is 1. The van der Waals surface area contributed by atoms with Crippen LogP contribution in [0.15, 0.2) is 18.5 Å². The van der Waals surface area contributed by atoms with E-state index in [4.69, 9.17) is 0 Å². The van der Waals surface area contributed by atoms with Crippen molar-refractivity contribution in [1.82, 2.24) is 4.98 Å². The first kappa shape index (κ1) is 12.7. The van der Waals surface area contributed by atoms with Gasteiger partial charge in [-0.2, -0.15) is 0 Å².